The highest BCUT2D eigenvalue weighted by molar-refractivity contribution is 7.22. The average Bonchev–Trinajstić information content (AvgIpc) is 3.41. The van der Waals surface area contributed by atoms with Crippen molar-refractivity contribution >= 4 is 32.6 Å². The zero-order chi connectivity index (χ0) is 21.0. The number of anilines is 1. The van der Waals surface area contributed by atoms with Crippen LogP contribution < -0.4 is 10.1 Å². The molecule has 8 heteroatoms. The topological polar surface area (TPSA) is 81.9 Å². The summed E-state index contributed by atoms with van der Waals surface area (Å²) in [6.45, 7) is 0.548. The number of nitrogens with zero attached hydrogens (tertiary/aromatic N) is 4. The fourth-order valence-corrected chi connectivity index (χ4v) is 3.95. The Hall–Kier alpha value is -4.04. The summed E-state index contributed by atoms with van der Waals surface area (Å²) in [5.74, 6) is 1.13. The fourth-order valence-electron chi connectivity index (χ4n) is 3.06. The maximum atomic E-state index is 12.6. The van der Waals surface area contributed by atoms with E-state index < -0.39 is 0 Å². The quantitative estimate of drug-likeness (QED) is 0.413. The molecule has 1 N–H and O–H groups in total. The normalized spacial score (nSPS) is 10.8. The molecule has 152 valence electrons. The van der Waals surface area contributed by atoms with Gasteiger partial charge in [-0.3, -0.25) is 10.1 Å². The molecule has 0 saturated carbocycles. The summed E-state index contributed by atoms with van der Waals surface area (Å²) in [7, 11) is 0. The monoisotopic (exact) mass is 427 g/mol. The van der Waals surface area contributed by atoms with Gasteiger partial charge in [-0.15, -0.1) is 5.10 Å². The zero-order valence-corrected chi connectivity index (χ0v) is 17.1. The van der Waals surface area contributed by atoms with Crippen LogP contribution in [0.2, 0.25) is 0 Å². The van der Waals surface area contributed by atoms with Gasteiger partial charge in [-0.1, -0.05) is 65.1 Å². The highest BCUT2D eigenvalue weighted by Crippen LogP contribution is 2.31. The molecule has 0 spiro atoms. The molecular formula is C23H17N5O2S. The van der Waals surface area contributed by atoms with Crippen LogP contribution in [0.25, 0.3) is 10.2 Å². The van der Waals surface area contributed by atoms with Gasteiger partial charge in [0.2, 0.25) is 0 Å². The predicted octanol–water partition coefficient (Wildman–Crippen LogP) is 4.98. The van der Waals surface area contributed by atoms with Crippen molar-refractivity contribution in [3.63, 3.8) is 0 Å². The lowest BCUT2D eigenvalue weighted by molar-refractivity contribution is 0.102. The van der Waals surface area contributed by atoms with Crippen molar-refractivity contribution in [3.05, 3.63) is 96.3 Å². The number of carbonyl (C=O) groups is 1. The van der Waals surface area contributed by atoms with Gasteiger partial charge in [-0.2, -0.15) is 0 Å². The first-order valence-corrected chi connectivity index (χ1v) is 10.4. The van der Waals surface area contributed by atoms with E-state index in [9.17, 15) is 4.79 Å². The minimum Gasteiger partial charge on any atom is -0.457 e. The summed E-state index contributed by atoms with van der Waals surface area (Å²) in [5.41, 5.74) is 2.11. The Morgan fingerprint density at radius 2 is 1.74 bits per heavy atom. The minimum atomic E-state index is -0.348. The number of hydrogen-bond acceptors (Lipinski definition) is 6. The van der Waals surface area contributed by atoms with E-state index in [0.717, 1.165) is 21.5 Å². The Morgan fingerprint density at radius 1 is 0.968 bits per heavy atom. The summed E-state index contributed by atoms with van der Waals surface area (Å²) in [6.07, 6.45) is 1.63. The lowest BCUT2D eigenvalue weighted by Gasteiger charge is -2.04. The smallest absolute Gasteiger partial charge is 0.279 e. The van der Waals surface area contributed by atoms with Crippen molar-refractivity contribution in [1.29, 1.82) is 0 Å². The molecule has 0 fully saturated rings. The molecule has 0 radical (unpaired) electrons. The van der Waals surface area contributed by atoms with Crippen LogP contribution in [0.3, 0.4) is 0 Å². The number of amides is 1. The second-order valence-corrected chi connectivity index (χ2v) is 7.84. The van der Waals surface area contributed by atoms with Crippen molar-refractivity contribution in [2.75, 3.05) is 5.32 Å². The lowest BCUT2D eigenvalue weighted by atomic mass is 10.2. The van der Waals surface area contributed by atoms with Gasteiger partial charge in [0.15, 0.2) is 10.8 Å². The van der Waals surface area contributed by atoms with E-state index in [1.165, 1.54) is 11.3 Å². The first-order chi connectivity index (χ1) is 15.2. The third-order valence-electron chi connectivity index (χ3n) is 4.52. The van der Waals surface area contributed by atoms with E-state index in [2.05, 4.69) is 20.6 Å². The van der Waals surface area contributed by atoms with Crippen molar-refractivity contribution in [2.24, 2.45) is 0 Å². The number of hydrogen-bond donors (Lipinski definition) is 1. The largest absolute Gasteiger partial charge is 0.457 e. The van der Waals surface area contributed by atoms with Gasteiger partial charge < -0.3 is 4.74 Å². The van der Waals surface area contributed by atoms with Gasteiger partial charge >= 0.3 is 0 Å². The van der Waals surface area contributed by atoms with Gasteiger partial charge in [0.1, 0.15) is 11.5 Å². The van der Waals surface area contributed by atoms with Gasteiger partial charge in [0, 0.05) is 6.07 Å². The van der Waals surface area contributed by atoms with Gasteiger partial charge in [-0.25, -0.2) is 9.67 Å². The fraction of sp³-hybridized carbons (Fsp3) is 0.0435. The van der Waals surface area contributed by atoms with E-state index in [-0.39, 0.29) is 11.6 Å². The van der Waals surface area contributed by atoms with Crippen molar-refractivity contribution < 1.29 is 9.53 Å². The maximum absolute atomic E-state index is 12.6. The van der Waals surface area contributed by atoms with Gasteiger partial charge in [-0.05, 0) is 29.8 Å². The number of aromatic nitrogens is 4. The number of para-hydroxylation sites is 1. The lowest BCUT2D eigenvalue weighted by Crippen LogP contribution is -2.12. The summed E-state index contributed by atoms with van der Waals surface area (Å²) in [5, 5.41) is 11.3. The van der Waals surface area contributed by atoms with Crippen LogP contribution in [0, 0.1) is 0 Å². The first-order valence-electron chi connectivity index (χ1n) is 9.62. The molecule has 1 amide bonds. The summed E-state index contributed by atoms with van der Waals surface area (Å²) >= 11 is 1.38. The predicted molar refractivity (Wildman–Crippen MR) is 120 cm³/mol. The number of carbonyl (C=O) groups excluding carboxylic acids is 1. The first kappa shape index (κ1) is 19.0. The SMILES string of the molecule is O=C(Nc1nc2ccc(Oc3ccccc3)cc2s1)c1cn(Cc2ccccc2)nn1. The van der Waals surface area contributed by atoms with E-state index in [4.69, 9.17) is 4.74 Å². The van der Waals surface area contributed by atoms with E-state index in [0.29, 0.717) is 17.4 Å². The molecule has 2 aromatic heterocycles. The molecule has 0 aliphatic heterocycles. The van der Waals surface area contributed by atoms with Gasteiger partial charge in [0.25, 0.3) is 5.91 Å². The third-order valence-corrected chi connectivity index (χ3v) is 5.45. The van der Waals surface area contributed by atoms with Crippen LogP contribution >= 0.6 is 11.3 Å². The van der Waals surface area contributed by atoms with Crippen LogP contribution in [0.4, 0.5) is 5.13 Å². The second kappa shape index (κ2) is 8.37. The van der Waals surface area contributed by atoms with Crippen LogP contribution in [0.1, 0.15) is 16.1 Å². The molecular weight excluding hydrogens is 410 g/mol. The Bertz CT molecular complexity index is 1330. The number of nitrogens with one attached hydrogen (secondary N) is 1. The molecule has 5 rings (SSSR count). The van der Waals surface area contributed by atoms with Crippen LogP contribution in [0.5, 0.6) is 11.5 Å². The van der Waals surface area contributed by atoms with E-state index >= 15 is 0 Å². The number of thiazole rings is 1. The minimum absolute atomic E-state index is 0.239. The Morgan fingerprint density at radius 3 is 2.55 bits per heavy atom. The molecule has 31 heavy (non-hydrogen) atoms. The Kier molecular flexibility index (Phi) is 5.12. The number of ether oxygens (including phenoxy) is 1. The standard InChI is InChI=1S/C23H17N5O2S/c29-22(20-15-28(27-26-20)14-16-7-3-1-4-8-16)25-23-24-19-12-11-18(13-21(19)31-23)30-17-9-5-2-6-10-17/h1-13,15H,14H2,(H,24,25,29). The summed E-state index contributed by atoms with van der Waals surface area (Å²) in [6, 6.07) is 25.1. The van der Waals surface area contributed by atoms with Crippen molar-refractivity contribution in [3.8, 4) is 11.5 Å². The molecule has 0 aliphatic rings. The van der Waals surface area contributed by atoms with Crippen LogP contribution in [0.15, 0.2) is 85.1 Å². The average molecular weight is 427 g/mol. The summed E-state index contributed by atoms with van der Waals surface area (Å²) in [4.78, 5) is 17.1. The van der Waals surface area contributed by atoms with Gasteiger partial charge in [0.05, 0.1) is 23.0 Å². The Balaban J connectivity index is 1.28. The summed E-state index contributed by atoms with van der Waals surface area (Å²) < 4.78 is 8.42. The highest BCUT2D eigenvalue weighted by Gasteiger charge is 2.14. The molecule has 0 saturated heterocycles. The molecule has 7 nitrogen and oxygen atoms in total. The molecule has 5 aromatic rings. The zero-order valence-electron chi connectivity index (χ0n) is 16.3. The molecule has 2 heterocycles. The highest BCUT2D eigenvalue weighted by atomic mass is 32.1. The molecule has 0 aliphatic carbocycles. The number of fused-ring (bicyclic) bond motifs is 1. The van der Waals surface area contributed by atoms with Crippen LogP contribution in [-0.4, -0.2) is 25.9 Å². The number of benzene rings is 3. The molecule has 0 bridgehead atoms. The van der Waals surface area contributed by atoms with Crippen molar-refractivity contribution in [1.82, 2.24) is 20.0 Å². The number of rotatable bonds is 6. The van der Waals surface area contributed by atoms with Crippen LogP contribution in [-0.2, 0) is 6.54 Å². The molecule has 0 unspecified atom stereocenters. The maximum Gasteiger partial charge on any atom is 0.279 e. The molecule has 0 atom stereocenters. The molecule has 3 aromatic carbocycles. The van der Waals surface area contributed by atoms with Crippen molar-refractivity contribution in [2.45, 2.75) is 6.54 Å². The third kappa shape index (κ3) is 4.44. The Labute approximate surface area is 181 Å². The van der Waals surface area contributed by atoms with E-state index in [1.54, 1.807) is 10.9 Å². The second-order valence-electron chi connectivity index (χ2n) is 6.80. The van der Waals surface area contributed by atoms with E-state index in [1.807, 2.05) is 78.9 Å².